The summed E-state index contributed by atoms with van der Waals surface area (Å²) in [7, 11) is 0. The summed E-state index contributed by atoms with van der Waals surface area (Å²) in [5.74, 6) is 4.43. The number of carbonyl (C=O) groups is 1. The standard InChI is InChI=1S/C30H31ClN2OS/c31-25-9-5-4-8-23(25)18-35-15-14-32-30(34)22-12-13-26-24(17-22)27-20-10-11-21(16-20)28(27)29(33-26)19-6-2-1-3-7-19/h1-9,12-13,17,20-21,27-29,33H,10-11,14-16,18H2,(H,32,34)/t20-,21-,27-,28-,29-/m0/s1. The third-order valence-corrected chi connectivity index (χ3v) is 9.63. The minimum absolute atomic E-state index is 0.0241. The first-order valence-corrected chi connectivity index (χ1v) is 14.3. The second-order valence-corrected chi connectivity index (χ2v) is 11.7. The summed E-state index contributed by atoms with van der Waals surface area (Å²) in [5, 5.41) is 7.80. The lowest BCUT2D eigenvalue weighted by atomic mass is 9.68. The van der Waals surface area contributed by atoms with Crippen LogP contribution in [0.25, 0.3) is 0 Å². The van der Waals surface area contributed by atoms with Gasteiger partial charge < -0.3 is 10.6 Å². The van der Waals surface area contributed by atoms with E-state index in [4.69, 9.17) is 11.6 Å². The average Bonchev–Trinajstić information content (AvgIpc) is 3.52. The molecule has 2 bridgehead atoms. The Labute approximate surface area is 217 Å². The van der Waals surface area contributed by atoms with E-state index in [2.05, 4.69) is 59.2 Å². The Bertz CT molecular complexity index is 1220. The van der Waals surface area contributed by atoms with Crippen LogP contribution in [0.2, 0.25) is 5.02 Å². The molecule has 0 aromatic heterocycles. The molecule has 3 aliphatic rings. The van der Waals surface area contributed by atoms with Crippen LogP contribution in [0.15, 0.2) is 72.8 Å². The van der Waals surface area contributed by atoms with Crippen LogP contribution < -0.4 is 10.6 Å². The van der Waals surface area contributed by atoms with E-state index in [1.54, 1.807) is 11.8 Å². The molecule has 2 N–H and O–H groups in total. The van der Waals surface area contributed by atoms with Crippen molar-refractivity contribution in [2.24, 2.45) is 17.8 Å². The number of rotatable bonds is 7. The van der Waals surface area contributed by atoms with Crippen molar-refractivity contribution in [2.45, 2.75) is 37.0 Å². The monoisotopic (exact) mass is 502 g/mol. The van der Waals surface area contributed by atoms with Gasteiger partial charge in [0.25, 0.3) is 5.91 Å². The maximum Gasteiger partial charge on any atom is 0.251 e. The smallest absolute Gasteiger partial charge is 0.251 e. The molecule has 180 valence electrons. The van der Waals surface area contributed by atoms with Crippen molar-refractivity contribution in [1.82, 2.24) is 5.32 Å². The second kappa shape index (κ2) is 9.91. The first kappa shape index (κ1) is 23.0. The van der Waals surface area contributed by atoms with E-state index in [1.807, 2.05) is 24.3 Å². The Kier molecular flexibility index (Phi) is 6.51. The van der Waals surface area contributed by atoms with Gasteiger partial charge in [0, 0.05) is 34.3 Å². The number of hydrogen-bond acceptors (Lipinski definition) is 3. The number of nitrogens with one attached hydrogen (secondary N) is 2. The van der Waals surface area contributed by atoms with Crippen LogP contribution in [0, 0.1) is 17.8 Å². The van der Waals surface area contributed by atoms with Crippen LogP contribution in [0.1, 0.15) is 58.3 Å². The van der Waals surface area contributed by atoms with E-state index >= 15 is 0 Å². The molecule has 5 atom stereocenters. The lowest BCUT2D eigenvalue weighted by Crippen LogP contribution is -2.35. The quantitative estimate of drug-likeness (QED) is 0.333. The fourth-order valence-corrected chi connectivity index (χ4v) is 7.90. The van der Waals surface area contributed by atoms with Gasteiger partial charge in [0.1, 0.15) is 0 Å². The predicted molar refractivity (Wildman–Crippen MR) is 146 cm³/mol. The summed E-state index contributed by atoms with van der Waals surface area (Å²) >= 11 is 8.03. The van der Waals surface area contributed by atoms with E-state index in [0.29, 0.717) is 24.4 Å². The molecule has 3 aromatic carbocycles. The summed E-state index contributed by atoms with van der Waals surface area (Å²) in [6, 6.07) is 25.5. The van der Waals surface area contributed by atoms with Gasteiger partial charge in [-0.25, -0.2) is 0 Å². The maximum atomic E-state index is 13.0. The fraction of sp³-hybridized carbons (Fsp3) is 0.367. The van der Waals surface area contributed by atoms with Gasteiger partial charge in [-0.2, -0.15) is 11.8 Å². The highest BCUT2D eigenvalue weighted by atomic mass is 35.5. The van der Waals surface area contributed by atoms with Crippen molar-refractivity contribution in [3.8, 4) is 0 Å². The van der Waals surface area contributed by atoms with Gasteiger partial charge in [-0.05, 0) is 83.9 Å². The van der Waals surface area contributed by atoms with Crippen LogP contribution in [0.4, 0.5) is 5.69 Å². The zero-order valence-corrected chi connectivity index (χ0v) is 21.3. The third kappa shape index (κ3) is 4.47. The number of amides is 1. The van der Waals surface area contributed by atoms with Crippen molar-refractivity contribution >= 4 is 35.0 Å². The summed E-state index contributed by atoms with van der Waals surface area (Å²) < 4.78 is 0. The normalized spacial score (nSPS) is 26.0. The van der Waals surface area contributed by atoms with Crippen LogP contribution >= 0.6 is 23.4 Å². The molecule has 5 heteroatoms. The SMILES string of the molecule is O=C(NCCSCc1ccccc1Cl)c1ccc2c(c1)[C@@H]1[C@H]3CC[C@@H](C3)[C@@H]1[C@H](c1ccccc1)N2. The summed E-state index contributed by atoms with van der Waals surface area (Å²) in [4.78, 5) is 13.0. The van der Waals surface area contributed by atoms with Crippen molar-refractivity contribution in [2.75, 3.05) is 17.6 Å². The molecule has 35 heavy (non-hydrogen) atoms. The van der Waals surface area contributed by atoms with Crippen LogP contribution in [-0.4, -0.2) is 18.2 Å². The van der Waals surface area contributed by atoms with E-state index < -0.39 is 0 Å². The number of hydrogen-bond donors (Lipinski definition) is 2. The Morgan fingerprint density at radius 3 is 2.66 bits per heavy atom. The number of benzene rings is 3. The lowest BCUT2D eigenvalue weighted by Gasteiger charge is -2.43. The fourth-order valence-electron chi connectivity index (χ4n) is 6.75. The number of halogens is 1. The zero-order chi connectivity index (χ0) is 23.8. The van der Waals surface area contributed by atoms with Crippen LogP contribution in [0.3, 0.4) is 0 Å². The van der Waals surface area contributed by atoms with Crippen LogP contribution in [-0.2, 0) is 5.75 Å². The molecule has 0 unspecified atom stereocenters. The minimum Gasteiger partial charge on any atom is -0.378 e. The highest BCUT2D eigenvalue weighted by Crippen LogP contribution is 2.63. The number of thioether (sulfide) groups is 1. The van der Waals surface area contributed by atoms with Gasteiger partial charge in [0.05, 0.1) is 6.04 Å². The van der Waals surface area contributed by atoms with Gasteiger partial charge in [0.2, 0.25) is 0 Å². The van der Waals surface area contributed by atoms with Crippen molar-refractivity contribution < 1.29 is 4.79 Å². The summed E-state index contributed by atoms with van der Waals surface area (Å²) in [6.07, 6.45) is 4.00. The van der Waals surface area contributed by atoms with Crippen molar-refractivity contribution in [3.05, 3.63) is 100 Å². The molecule has 3 aromatic rings. The molecule has 0 saturated heterocycles. The largest absolute Gasteiger partial charge is 0.378 e. The van der Waals surface area contributed by atoms with Gasteiger partial charge >= 0.3 is 0 Å². The Balaban J connectivity index is 1.14. The molecule has 2 saturated carbocycles. The molecule has 3 nitrogen and oxygen atoms in total. The summed E-state index contributed by atoms with van der Waals surface area (Å²) in [6.45, 7) is 0.649. The lowest BCUT2D eigenvalue weighted by molar-refractivity contribution is 0.0956. The highest BCUT2D eigenvalue weighted by molar-refractivity contribution is 7.98. The molecule has 2 aliphatic carbocycles. The molecule has 0 spiro atoms. The van der Waals surface area contributed by atoms with E-state index in [1.165, 1.54) is 36.1 Å². The Morgan fingerprint density at radius 1 is 1.00 bits per heavy atom. The number of carbonyl (C=O) groups excluding carboxylic acids is 1. The van der Waals surface area contributed by atoms with E-state index in [-0.39, 0.29) is 5.91 Å². The van der Waals surface area contributed by atoms with E-state index in [9.17, 15) is 4.79 Å². The Morgan fingerprint density at radius 2 is 1.80 bits per heavy atom. The molecule has 2 fully saturated rings. The molecule has 1 aliphatic heterocycles. The molecular formula is C30H31ClN2OS. The topological polar surface area (TPSA) is 41.1 Å². The first-order chi connectivity index (χ1) is 17.2. The maximum absolute atomic E-state index is 13.0. The molecular weight excluding hydrogens is 472 g/mol. The van der Waals surface area contributed by atoms with Gasteiger partial charge in [-0.3, -0.25) is 4.79 Å². The highest BCUT2D eigenvalue weighted by Gasteiger charge is 2.53. The third-order valence-electron chi connectivity index (χ3n) is 8.26. The van der Waals surface area contributed by atoms with Crippen molar-refractivity contribution in [3.63, 3.8) is 0 Å². The summed E-state index contributed by atoms with van der Waals surface area (Å²) in [5.41, 5.74) is 5.87. The first-order valence-electron chi connectivity index (χ1n) is 12.7. The predicted octanol–water partition coefficient (Wildman–Crippen LogP) is 7.30. The minimum atomic E-state index is 0.0241. The van der Waals surface area contributed by atoms with E-state index in [0.717, 1.165) is 39.5 Å². The Hall–Kier alpha value is -2.43. The van der Waals surface area contributed by atoms with Gasteiger partial charge in [-0.15, -0.1) is 0 Å². The zero-order valence-electron chi connectivity index (χ0n) is 19.8. The molecule has 6 rings (SSSR count). The van der Waals surface area contributed by atoms with Gasteiger partial charge in [0.15, 0.2) is 0 Å². The molecule has 1 heterocycles. The van der Waals surface area contributed by atoms with Crippen molar-refractivity contribution in [1.29, 1.82) is 0 Å². The van der Waals surface area contributed by atoms with Gasteiger partial charge in [-0.1, -0.05) is 60.1 Å². The molecule has 0 radical (unpaired) electrons. The average molecular weight is 503 g/mol. The second-order valence-electron chi connectivity index (χ2n) is 10.2. The number of fused-ring (bicyclic) bond motifs is 7. The number of anilines is 1. The molecule has 1 amide bonds. The van der Waals surface area contributed by atoms with Crippen LogP contribution in [0.5, 0.6) is 0 Å².